The Hall–Kier alpha value is -1.83. The van der Waals surface area contributed by atoms with Gasteiger partial charge in [-0.25, -0.2) is 0 Å². The Kier molecular flexibility index (Phi) is 3.47. The van der Waals surface area contributed by atoms with Crippen molar-refractivity contribution in [3.8, 4) is 6.07 Å². The van der Waals surface area contributed by atoms with Crippen molar-refractivity contribution in [1.29, 1.82) is 5.26 Å². The maximum atomic E-state index is 9.43. The first-order chi connectivity index (χ1) is 9.67. The van der Waals surface area contributed by atoms with Crippen molar-refractivity contribution in [3.05, 3.63) is 41.7 Å². The normalized spacial score (nSPS) is 23.9. The van der Waals surface area contributed by atoms with Gasteiger partial charge in [-0.2, -0.15) is 5.26 Å². The molecule has 1 aliphatic heterocycles. The molecule has 1 aliphatic rings. The van der Waals surface area contributed by atoms with Crippen LogP contribution in [0.15, 0.2) is 30.6 Å². The molecular formula is C16H19N3O. The van der Waals surface area contributed by atoms with Crippen LogP contribution in [0.1, 0.15) is 25.0 Å². The zero-order valence-electron chi connectivity index (χ0n) is 11.9. The van der Waals surface area contributed by atoms with Gasteiger partial charge in [0.25, 0.3) is 0 Å². The largest absolute Gasteiger partial charge is 0.373 e. The lowest BCUT2D eigenvalue weighted by atomic mass is 10.1. The summed E-state index contributed by atoms with van der Waals surface area (Å²) in [6.45, 7) is 6.85. The number of nitriles is 1. The molecule has 3 heterocycles. The molecule has 2 aromatic rings. The Morgan fingerprint density at radius 3 is 2.75 bits per heavy atom. The van der Waals surface area contributed by atoms with Crippen molar-refractivity contribution in [3.63, 3.8) is 0 Å². The van der Waals surface area contributed by atoms with Gasteiger partial charge in [-0.05, 0) is 26.0 Å². The van der Waals surface area contributed by atoms with Crippen LogP contribution >= 0.6 is 0 Å². The lowest BCUT2D eigenvalue weighted by Gasteiger charge is -2.35. The van der Waals surface area contributed by atoms with Crippen LogP contribution in [0.5, 0.6) is 0 Å². The third-order valence-electron chi connectivity index (χ3n) is 3.76. The van der Waals surface area contributed by atoms with Gasteiger partial charge >= 0.3 is 0 Å². The summed E-state index contributed by atoms with van der Waals surface area (Å²) in [4.78, 5) is 2.37. The number of morpholine rings is 1. The van der Waals surface area contributed by atoms with E-state index in [9.17, 15) is 5.26 Å². The first kappa shape index (κ1) is 13.2. The average molecular weight is 269 g/mol. The van der Waals surface area contributed by atoms with E-state index in [4.69, 9.17) is 4.74 Å². The summed E-state index contributed by atoms with van der Waals surface area (Å²) < 4.78 is 7.79. The quantitative estimate of drug-likeness (QED) is 0.840. The van der Waals surface area contributed by atoms with Crippen LogP contribution in [0.3, 0.4) is 0 Å². The second kappa shape index (κ2) is 5.28. The lowest BCUT2D eigenvalue weighted by Crippen LogP contribution is -2.44. The van der Waals surface area contributed by atoms with Crippen molar-refractivity contribution in [2.45, 2.75) is 32.6 Å². The summed E-state index contributed by atoms with van der Waals surface area (Å²) in [6, 6.07) is 8.30. The van der Waals surface area contributed by atoms with Gasteiger partial charge in [-0.3, -0.25) is 4.90 Å². The summed E-state index contributed by atoms with van der Waals surface area (Å²) >= 11 is 0. The van der Waals surface area contributed by atoms with Gasteiger partial charge in [0.15, 0.2) is 0 Å². The van der Waals surface area contributed by atoms with Crippen LogP contribution in [-0.4, -0.2) is 34.6 Å². The van der Waals surface area contributed by atoms with Crippen LogP contribution in [0.4, 0.5) is 0 Å². The van der Waals surface area contributed by atoms with Gasteiger partial charge in [0.05, 0.1) is 23.3 Å². The molecule has 0 saturated carbocycles. The third-order valence-corrected chi connectivity index (χ3v) is 3.76. The molecule has 0 unspecified atom stereocenters. The highest BCUT2D eigenvalue weighted by atomic mass is 16.5. The lowest BCUT2D eigenvalue weighted by molar-refractivity contribution is -0.0705. The SMILES string of the molecule is C[C@H]1CN(Cc2cn3ccccc3c2C#N)C[C@H](C)O1. The van der Waals surface area contributed by atoms with Crippen molar-refractivity contribution < 1.29 is 4.74 Å². The Balaban J connectivity index is 1.89. The molecule has 1 fully saturated rings. The van der Waals surface area contributed by atoms with Crippen molar-refractivity contribution in [1.82, 2.24) is 9.30 Å². The Morgan fingerprint density at radius 2 is 2.05 bits per heavy atom. The van der Waals surface area contributed by atoms with Gasteiger partial charge in [-0.1, -0.05) is 6.07 Å². The third kappa shape index (κ3) is 2.43. The Bertz CT molecular complexity index is 645. The molecule has 2 aromatic heterocycles. The highest BCUT2D eigenvalue weighted by molar-refractivity contribution is 5.65. The number of nitrogens with zero attached hydrogens (tertiary/aromatic N) is 3. The standard InChI is InChI=1S/C16H19N3O/c1-12-8-18(9-13(2)20-12)10-14-11-19-6-4-3-5-16(19)15(14)7-17/h3-6,11-13H,8-10H2,1-2H3/t12-,13-/m0/s1. The fraction of sp³-hybridized carbons (Fsp3) is 0.438. The fourth-order valence-electron chi connectivity index (χ4n) is 3.08. The summed E-state index contributed by atoms with van der Waals surface area (Å²) in [5, 5.41) is 9.43. The maximum Gasteiger partial charge on any atom is 0.102 e. The predicted molar refractivity (Wildman–Crippen MR) is 77.4 cm³/mol. The molecule has 0 bridgehead atoms. The highest BCUT2D eigenvalue weighted by Gasteiger charge is 2.23. The van der Waals surface area contributed by atoms with E-state index < -0.39 is 0 Å². The van der Waals surface area contributed by atoms with E-state index >= 15 is 0 Å². The van der Waals surface area contributed by atoms with Crippen molar-refractivity contribution >= 4 is 5.52 Å². The minimum atomic E-state index is 0.251. The maximum absolute atomic E-state index is 9.43. The van der Waals surface area contributed by atoms with Crippen LogP contribution in [0.2, 0.25) is 0 Å². The van der Waals surface area contributed by atoms with E-state index in [0.29, 0.717) is 0 Å². The molecule has 0 aromatic carbocycles. The molecule has 104 valence electrons. The van der Waals surface area contributed by atoms with E-state index in [1.807, 2.05) is 28.8 Å². The number of ether oxygens (including phenoxy) is 1. The molecule has 2 atom stereocenters. The van der Waals surface area contributed by atoms with E-state index in [1.165, 1.54) is 0 Å². The molecule has 0 aliphatic carbocycles. The molecule has 4 nitrogen and oxygen atoms in total. The molecule has 0 spiro atoms. The van der Waals surface area contributed by atoms with E-state index in [1.54, 1.807) is 0 Å². The Labute approximate surface area is 119 Å². The molecule has 20 heavy (non-hydrogen) atoms. The van der Waals surface area contributed by atoms with E-state index in [2.05, 4.69) is 31.0 Å². The number of rotatable bonds is 2. The number of fused-ring (bicyclic) bond motifs is 1. The van der Waals surface area contributed by atoms with Crippen LogP contribution in [0, 0.1) is 11.3 Å². The summed E-state index contributed by atoms with van der Waals surface area (Å²) in [5.41, 5.74) is 2.87. The second-order valence-corrected chi connectivity index (χ2v) is 5.59. The molecule has 0 radical (unpaired) electrons. The topological polar surface area (TPSA) is 40.7 Å². The average Bonchev–Trinajstić information content (AvgIpc) is 2.74. The number of hydrogen-bond acceptors (Lipinski definition) is 3. The molecular weight excluding hydrogens is 250 g/mol. The zero-order chi connectivity index (χ0) is 14.1. The molecule has 0 amide bonds. The van der Waals surface area contributed by atoms with Gasteiger partial charge in [0, 0.05) is 37.6 Å². The van der Waals surface area contributed by atoms with Crippen molar-refractivity contribution in [2.75, 3.05) is 13.1 Å². The first-order valence-corrected chi connectivity index (χ1v) is 7.04. The van der Waals surface area contributed by atoms with Gasteiger partial charge in [0.1, 0.15) is 6.07 Å². The van der Waals surface area contributed by atoms with Gasteiger partial charge in [0.2, 0.25) is 0 Å². The molecule has 0 N–H and O–H groups in total. The molecule has 3 rings (SSSR count). The van der Waals surface area contributed by atoms with Gasteiger partial charge < -0.3 is 9.14 Å². The second-order valence-electron chi connectivity index (χ2n) is 5.59. The smallest absolute Gasteiger partial charge is 0.102 e. The summed E-state index contributed by atoms with van der Waals surface area (Å²) in [7, 11) is 0. The summed E-state index contributed by atoms with van der Waals surface area (Å²) in [5.74, 6) is 0. The Morgan fingerprint density at radius 1 is 1.30 bits per heavy atom. The number of pyridine rings is 1. The van der Waals surface area contributed by atoms with Crippen molar-refractivity contribution in [2.24, 2.45) is 0 Å². The van der Waals surface area contributed by atoms with Crippen LogP contribution < -0.4 is 0 Å². The predicted octanol–water partition coefficient (Wildman–Crippen LogP) is 2.42. The summed E-state index contributed by atoms with van der Waals surface area (Å²) in [6.07, 6.45) is 4.56. The zero-order valence-corrected chi connectivity index (χ0v) is 11.9. The first-order valence-electron chi connectivity index (χ1n) is 7.04. The van der Waals surface area contributed by atoms with Crippen LogP contribution in [0.25, 0.3) is 5.52 Å². The monoisotopic (exact) mass is 269 g/mol. The van der Waals surface area contributed by atoms with Gasteiger partial charge in [-0.15, -0.1) is 0 Å². The van der Waals surface area contributed by atoms with E-state index in [0.717, 1.165) is 36.3 Å². The number of hydrogen-bond donors (Lipinski definition) is 0. The fourth-order valence-corrected chi connectivity index (χ4v) is 3.08. The van der Waals surface area contributed by atoms with E-state index in [-0.39, 0.29) is 12.2 Å². The number of aromatic nitrogens is 1. The highest BCUT2D eigenvalue weighted by Crippen LogP contribution is 2.21. The van der Waals surface area contributed by atoms with Crippen LogP contribution in [-0.2, 0) is 11.3 Å². The minimum absolute atomic E-state index is 0.251. The minimum Gasteiger partial charge on any atom is -0.373 e. The molecule has 1 saturated heterocycles. The molecule has 4 heteroatoms.